The minimum atomic E-state index is -1.09. The minimum Gasteiger partial charge on any atom is -0.480 e. The van der Waals surface area contributed by atoms with E-state index in [2.05, 4.69) is 5.32 Å². The summed E-state index contributed by atoms with van der Waals surface area (Å²) in [5, 5.41) is 11.3. The zero-order valence-corrected chi connectivity index (χ0v) is 12.6. The Balaban J connectivity index is 2.64. The van der Waals surface area contributed by atoms with E-state index in [1.165, 1.54) is 14.0 Å². The highest BCUT2D eigenvalue weighted by atomic mass is 16.4. The van der Waals surface area contributed by atoms with Crippen molar-refractivity contribution in [3.63, 3.8) is 0 Å². The molecule has 1 aromatic carbocycles. The number of amides is 2. The quantitative estimate of drug-likeness (QED) is 0.846. The number of aryl methyl sites for hydroxylation is 2. The van der Waals surface area contributed by atoms with E-state index in [0.717, 1.165) is 16.0 Å². The molecule has 6 nitrogen and oxygen atoms in total. The van der Waals surface area contributed by atoms with Gasteiger partial charge in [-0.3, -0.25) is 9.59 Å². The fraction of sp³-hybridized carbons (Fsp3) is 0.400. The lowest BCUT2D eigenvalue weighted by Gasteiger charge is -2.21. The molecule has 114 valence electrons. The van der Waals surface area contributed by atoms with Crippen LogP contribution in [-0.4, -0.2) is 47.4 Å². The summed E-state index contributed by atoms with van der Waals surface area (Å²) in [4.78, 5) is 35.7. The highest BCUT2D eigenvalue weighted by Crippen LogP contribution is 2.08. The van der Waals surface area contributed by atoms with E-state index < -0.39 is 17.9 Å². The van der Waals surface area contributed by atoms with E-state index in [-0.39, 0.29) is 12.5 Å². The highest BCUT2D eigenvalue weighted by molar-refractivity contribution is 5.97. The van der Waals surface area contributed by atoms with Crippen LogP contribution in [0, 0.1) is 13.8 Å². The van der Waals surface area contributed by atoms with Crippen molar-refractivity contribution in [3.8, 4) is 0 Å². The second-order valence-corrected chi connectivity index (χ2v) is 5.08. The van der Waals surface area contributed by atoms with Crippen molar-refractivity contribution < 1.29 is 19.5 Å². The average Bonchev–Trinajstić information content (AvgIpc) is 2.41. The van der Waals surface area contributed by atoms with Crippen LogP contribution in [0.1, 0.15) is 28.4 Å². The molecule has 1 unspecified atom stereocenters. The van der Waals surface area contributed by atoms with Gasteiger partial charge in [-0.2, -0.15) is 0 Å². The van der Waals surface area contributed by atoms with Gasteiger partial charge in [-0.15, -0.1) is 0 Å². The fourth-order valence-corrected chi connectivity index (χ4v) is 1.87. The number of carbonyl (C=O) groups is 3. The zero-order valence-electron chi connectivity index (χ0n) is 12.6. The van der Waals surface area contributed by atoms with Gasteiger partial charge in [-0.1, -0.05) is 17.2 Å². The van der Waals surface area contributed by atoms with Crippen LogP contribution in [0.15, 0.2) is 18.2 Å². The van der Waals surface area contributed by atoms with Crippen molar-refractivity contribution in [2.45, 2.75) is 26.8 Å². The second kappa shape index (κ2) is 6.88. The number of nitrogens with one attached hydrogen (secondary N) is 1. The number of benzene rings is 1. The van der Waals surface area contributed by atoms with Crippen LogP contribution in [0.3, 0.4) is 0 Å². The molecule has 0 aliphatic heterocycles. The predicted octanol–water partition coefficient (Wildman–Crippen LogP) is 0.965. The van der Waals surface area contributed by atoms with Gasteiger partial charge in [0.1, 0.15) is 6.04 Å². The number of hydrogen-bond donors (Lipinski definition) is 2. The number of nitrogens with zero attached hydrogens (tertiary/aromatic N) is 1. The maximum absolute atomic E-state index is 12.0. The van der Waals surface area contributed by atoms with Crippen LogP contribution in [-0.2, 0) is 9.59 Å². The molecule has 0 aliphatic rings. The number of likely N-dealkylation sites (N-methyl/N-ethyl adjacent to an activating group) is 1. The number of carboxylic acids is 1. The van der Waals surface area contributed by atoms with Crippen molar-refractivity contribution in [2.75, 3.05) is 13.6 Å². The molecule has 2 amide bonds. The summed E-state index contributed by atoms with van der Waals surface area (Å²) in [5.41, 5.74) is 2.40. The third kappa shape index (κ3) is 4.59. The third-order valence-electron chi connectivity index (χ3n) is 3.22. The molecule has 2 N–H and O–H groups in total. The van der Waals surface area contributed by atoms with Gasteiger partial charge < -0.3 is 15.3 Å². The van der Waals surface area contributed by atoms with E-state index in [4.69, 9.17) is 5.11 Å². The average molecular weight is 292 g/mol. The second-order valence-electron chi connectivity index (χ2n) is 5.08. The Kier molecular flexibility index (Phi) is 5.46. The van der Waals surface area contributed by atoms with Crippen LogP contribution >= 0.6 is 0 Å². The van der Waals surface area contributed by atoms with Crippen LogP contribution in [0.5, 0.6) is 0 Å². The Labute approximate surface area is 123 Å². The maximum Gasteiger partial charge on any atom is 0.326 e. The van der Waals surface area contributed by atoms with Gasteiger partial charge in [0.15, 0.2) is 0 Å². The number of carbonyl (C=O) groups excluding carboxylic acids is 2. The summed E-state index contributed by atoms with van der Waals surface area (Å²) >= 11 is 0. The summed E-state index contributed by atoms with van der Waals surface area (Å²) in [5.74, 6) is -1.90. The lowest BCUT2D eigenvalue weighted by atomic mass is 10.1. The monoisotopic (exact) mass is 292 g/mol. The van der Waals surface area contributed by atoms with Crippen LogP contribution in [0.2, 0.25) is 0 Å². The van der Waals surface area contributed by atoms with Crippen molar-refractivity contribution in [2.24, 2.45) is 0 Å². The summed E-state index contributed by atoms with van der Waals surface area (Å²) in [6.45, 7) is 4.94. The molecule has 6 heteroatoms. The Morgan fingerprint density at radius 2 is 1.71 bits per heavy atom. The molecule has 0 aromatic heterocycles. The van der Waals surface area contributed by atoms with Gasteiger partial charge >= 0.3 is 5.97 Å². The molecule has 1 aromatic rings. The Hall–Kier alpha value is -2.37. The van der Waals surface area contributed by atoms with E-state index >= 15 is 0 Å². The first-order valence-corrected chi connectivity index (χ1v) is 6.57. The van der Waals surface area contributed by atoms with Gasteiger partial charge in [-0.05, 0) is 32.9 Å². The zero-order chi connectivity index (χ0) is 16.2. The molecule has 0 bridgehead atoms. The molecule has 0 heterocycles. The largest absolute Gasteiger partial charge is 0.480 e. The molecule has 0 radical (unpaired) electrons. The van der Waals surface area contributed by atoms with Crippen molar-refractivity contribution >= 4 is 17.8 Å². The topological polar surface area (TPSA) is 86.7 Å². The van der Waals surface area contributed by atoms with E-state index in [9.17, 15) is 14.4 Å². The van der Waals surface area contributed by atoms with Crippen LogP contribution in [0.4, 0.5) is 0 Å². The van der Waals surface area contributed by atoms with E-state index in [0.29, 0.717) is 5.56 Å². The molecule has 0 spiro atoms. The lowest BCUT2D eigenvalue weighted by Crippen LogP contribution is -2.45. The van der Waals surface area contributed by atoms with Gasteiger partial charge in [0.2, 0.25) is 5.91 Å². The molecule has 1 atom stereocenters. The minimum absolute atomic E-state index is 0.236. The van der Waals surface area contributed by atoms with Gasteiger partial charge in [0.05, 0.1) is 6.54 Å². The summed E-state index contributed by atoms with van der Waals surface area (Å²) in [7, 11) is 1.39. The van der Waals surface area contributed by atoms with Crippen LogP contribution < -0.4 is 5.32 Å². The molecule has 1 rings (SSSR count). The van der Waals surface area contributed by atoms with E-state index in [1.807, 2.05) is 19.9 Å². The van der Waals surface area contributed by atoms with E-state index in [1.54, 1.807) is 12.1 Å². The van der Waals surface area contributed by atoms with Gasteiger partial charge in [-0.25, -0.2) is 4.79 Å². The standard InChI is InChI=1S/C15H20N2O4/c1-9-5-10(2)7-12(6-9)14(19)16-8-13(18)17(4)11(3)15(20)21/h5-7,11H,8H2,1-4H3,(H,16,19)(H,20,21). The molecule has 21 heavy (non-hydrogen) atoms. The fourth-order valence-electron chi connectivity index (χ4n) is 1.87. The molecule has 0 saturated carbocycles. The number of hydrogen-bond acceptors (Lipinski definition) is 3. The van der Waals surface area contributed by atoms with Gasteiger partial charge in [0, 0.05) is 12.6 Å². The predicted molar refractivity (Wildman–Crippen MR) is 78.1 cm³/mol. The summed E-state index contributed by atoms with van der Waals surface area (Å²) in [6, 6.07) is 4.48. The van der Waals surface area contributed by atoms with Crippen molar-refractivity contribution in [3.05, 3.63) is 34.9 Å². The Morgan fingerprint density at radius 3 is 2.19 bits per heavy atom. The lowest BCUT2D eigenvalue weighted by molar-refractivity contribution is -0.147. The summed E-state index contributed by atoms with van der Waals surface area (Å²) in [6.07, 6.45) is 0. The number of rotatable bonds is 5. The first-order chi connectivity index (χ1) is 9.72. The maximum atomic E-state index is 12.0. The van der Waals surface area contributed by atoms with Crippen molar-refractivity contribution in [1.29, 1.82) is 0 Å². The number of aliphatic carboxylic acids is 1. The van der Waals surface area contributed by atoms with Crippen molar-refractivity contribution in [1.82, 2.24) is 10.2 Å². The molecule has 0 saturated heterocycles. The first kappa shape index (κ1) is 16.7. The molecular formula is C15H20N2O4. The Morgan fingerprint density at radius 1 is 1.19 bits per heavy atom. The SMILES string of the molecule is Cc1cc(C)cc(C(=O)NCC(=O)N(C)C(C)C(=O)O)c1. The smallest absolute Gasteiger partial charge is 0.326 e. The molecule has 0 fully saturated rings. The highest BCUT2D eigenvalue weighted by Gasteiger charge is 2.21. The molecule has 0 aliphatic carbocycles. The summed E-state index contributed by atoms with van der Waals surface area (Å²) < 4.78 is 0. The Bertz CT molecular complexity index is 549. The third-order valence-corrected chi connectivity index (χ3v) is 3.22. The number of carboxylic acid groups (broad SMARTS) is 1. The normalized spacial score (nSPS) is 11.6. The first-order valence-electron chi connectivity index (χ1n) is 6.57. The van der Waals surface area contributed by atoms with Crippen LogP contribution in [0.25, 0.3) is 0 Å². The van der Waals surface area contributed by atoms with Gasteiger partial charge in [0.25, 0.3) is 5.91 Å². The molecular weight excluding hydrogens is 272 g/mol.